The van der Waals surface area contributed by atoms with E-state index in [4.69, 9.17) is 0 Å². The number of phenolic OH excluding ortho intramolecular Hbond substituents is 2. The van der Waals surface area contributed by atoms with Gasteiger partial charge in [-0.1, -0.05) is 24.3 Å². The smallest absolute Gasteiger partial charge is 0.119 e. The molecule has 4 saturated carbocycles. The van der Waals surface area contributed by atoms with Crippen molar-refractivity contribution in [3.63, 3.8) is 0 Å². The molecule has 136 valence electrons. The highest BCUT2D eigenvalue weighted by Gasteiger charge is 2.59. The lowest BCUT2D eigenvalue weighted by Crippen LogP contribution is -2.55. The maximum absolute atomic E-state index is 10.7. The number of aryl methyl sites for hydroxylation is 2. The van der Waals surface area contributed by atoms with E-state index in [2.05, 4.69) is 24.3 Å². The molecule has 6 rings (SSSR count). The maximum atomic E-state index is 10.7. The average molecular weight is 348 g/mol. The first-order chi connectivity index (χ1) is 12.4. The minimum atomic E-state index is 0.0686. The van der Waals surface area contributed by atoms with Crippen molar-refractivity contribution >= 4 is 0 Å². The van der Waals surface area contributed by atoms with Gasteiger partial charge in [-0.05, 0) is 87.5 Å². The molecule has 2 N–H and O–H groups in total. The standard InChI is InChI=1S/C24H28O2/c1-15-3-5-19(21(25)7-15)23-10-17-9-18(11-23)13-24(12-17,14-23)20-6-4-16(2)8-22(20)26/h3-8,17-18,25-26H,9-14H2,1-2H3. The molecule has 26 heavy (non-hydrogen) atoms. The van der Waals surface area contributed by atoms with Crippen LogP contribution in [0.4, 0.5) is 0 Å². The zero-order valence-electron chi connectivity index (χ0n) is 15.8. The minimum Gasteiger partial charge on any atom is -0.508 e. The van der Waals surface area contributed by atoms with E-state index in [0.717, 1.165) is 28.7 Å². The van der Waals surface area contributed by atoms with Crippen LogP contribution in [0.2, 0.25) is 0 Å². The summed E-state index contributed by atoms with van der Waals surface area (Å²) in [5, 5.41) is 21.5. The van der Waals surface area contributed by atoms with Crippen LogP contribution in [-0.2, 0) is 10.8 Å². The predicted molar refractivity (Wildman–Crippen MR) is 104 cm³/mol. The lowest BCUT2D eigenvalue weighted by Gasteiger charge is -2.62. The van der Waals surface area contributed by atoms with Gasteiger partial charge in [0.2, 0.25) is 0 Å². The van der Waals surface area contributed by atoms with Gasteiger partial charge >= 0.3 is 0 Å². The Bertz CT molecular complexity index is 798. The first kappa shape index (κ1) is 16.2. The van der Waals surface area contributed by atoms with Crippen molar-refractivity contribution in [2.24, 2.45) is 11.8 Å². The number of benzene rings is 2. The zero-order valence-corrected chi connectivity index (χ0v) is 15.8. The summed E-state index contributed by atoms with van der Waals surface area (Å²) < 4.78 is 0. The molecule has 0 unspecified atom stereocenters. The van der Waals surface area contributed by atoms with Gasteiger partial charge in [-0.2, -0.15) is 0 Å². The third-order valence-corrected chi connectivity index (χ3v) is 7.51. The van der Waals surface area contributed by atoms with Crippen LogP contribution >= 0.6 is 0 Å². The van der Waals surface area contributed by atoms with Gasteiger partial charge < -0.3 is 10.2 Å². The largest absolute Gasteiger partial charge is 0.508 e. The van der Waals surface area contributed by atoms with Gasteiger partial charge in [-0.3, -0.25) is 0 Å². The Hall–Kier alpha value is -1.96. The van der Waals surface area contributed by atoms with E-state index in [1.165, 1.54) is 32.1 Å². The molecule has 0 spiro atoms. The van der Waals surface area contributed by atoms with Crippen molar-refractivity contribution in [1.29, 1.82) is 0 Å². The number of rotatable bonds is 2. The molecule has 2 aromatic rings. The fraction of sp³-hybridized carbons (Fsp3) is 0.500. The topological polar surface area (TPSA) is 40.5 Å². The Labute approximate surface area is 155 Å². The van der Waals surface area contributed by atoms with Gasteiger partial charge in [0.15, 0.2) is 0 Å². The number of hydrogen-bond acceptors (Lipinski definition) is 2. The monoisotopic (exact) mass is 348 g/mol. The summed E-state index contributed by atoms with van der Waals surface area (Å²) in [6.07, 6.45) is 7.13. The van der Waals surface area contributed by atoms with E-state index in [-0.39, 0.29) is 10.8 Å². The highest BCUT2D eigenvalue weighted by molar-refractivity contribution is 5.48. The molecule has 0 amide bonds. The molecule has 0 aliphatic heterocycles. The first-order valence-corrected chi connectivity index (χ1v) is 9.99. The molecule has 0 aromatic heterocycles. The van der Waals surface area contributed by atoms with E-state index >= 15 is 0 Å². The average Bonchev–Trinajstić information content (AvgIpc) is 2.52. The summed E-state index contributed by atoms with van der Waals surface area (Å²) >= 11 is 0. The molecule has 2 nitrogen and oxygen atoms in total. The molecule has 4 aliphatic rings. The Morgan fingerprint density at radius 3 is 1.54 bits per heavy atom. The van der Waals surface area contributed by atoms with Crippen LogP contribution in [0.1, 0.15) is 60.8 Å². The van der Waals surface area contributed by atoms with Crippen molar-refractivity contribution in [1.82, 2.24) is 0 Å². The fourth-order valence-electron chi connectivity index (χ4n) is 7.07. The van der Waals surface area contributed by atoms with Crippen LogP contribution in [0.25, 0.3) is 0 Å². The molecule has 4 fully saturated rings. The van der Waals surface area contributed by atoms with Gasteiger partial charge in [-0.25, -0.2) is 0 Å². The minimum absolute atomic E-state index is 0.0686. The summed E-state index contributed by atoms with van der Waals surface area (Å²) in [5.41, 5.74) is 4.66. The molecule has 2 aromatic carbocycles. The fourth-order valence-corrected chi connectivity index (χ4v) is 7.07. The predicted octanol–water partition coefficient (Wildman–Crippen LogP) is 5.50. The second-order valence-electron chi connectivity index (χ2n) is 9.56. The van der Waals surface area contributed by atoms with E-state index in [0.29, 0.717) is 23.3 Å². The summed E-state index contributed by atoms with van der Waals surface area (Å²) in [6.45, 7) is 4.07. The third kappa shape index (κ3) is 2.24. The van der Waals surface area contributed by atoms with Crippen molar-refractivity contribution in [3.8, 4) is 11.5 Å². The molecular formula is C24H28O2. The van der Waals surface area contributed by atoms with Gasteiger partial charge in [0, 0.05) is 22.0 Å². The van der Waals surface area contributed by atoms with E-state index in [9.17, 15) is 10.2 Å². The van der Waals surface area contributed by atoms with Gasteiger partial charge in [0.1, 0.15) is 11.5 Å². The lowest BCUT2D eigenvalue weighted by atomic mass is 9.41. The molecule has 0 atom stereocenters. The highest BCUT2D eigenvalue weighted by atomic mass is 16.3. The van der Waals surface area contributed by atoms with Crippen molar-refractivity contribution in [2.45, 2.75) is 63.2 Å². The lowest BCUT2D eigenvalue weighted by molar-refractivity contribution is -0.0297. The Morgan fingerprint density at radius 1 is 0.731 bits per heavy atom. The van der Waals surface area contributed by atoms with Gasteiger partial charge in [-0.15, -0.1) is 0 Å². The molecule has 4 bridgehead atoms. The molecule has 2 heteroatoms. The highest BCUT2D eigenvalue weighted by Crippen LogP contribution is 2.67. The Morgan fingerprint density at radius 2 is 1.15 bits per heavy atom. The normalized spacial score (nSPS) is 35.0. The van der Waals surface area contributed by atoms with Gasteiger partial charge in [0.25, 0.3) is 0 Å². The Balaban J connectivity index is 1.64. The van der Waals surface area contributed by atoms with Gasteiger partial charge in [0.05, 0.1) is 0 Å². The van der Waals surface area contributed by atoms with Crippen LogP contribution in [-0.4, -0.2) is 10.2 Å². The van der Waals surface area contributed by atoms with Crippen LogP contribution in [0.5, 0.6) is 11.5 Å². The van der Waals surface area contributed by atoms with Crippen LogP contribution < -0.4 is 0 Å². The maximum Gasteiger partial charge on any atom is 0.119 e. The molecule has 0 heterocycles. The van der Waals surface area contributed by atoms with Crippen molar-refractivity contribution in [3.05, 3.63) is 58.7 Å². The number of phenols is 2. The molecular weight excluding hydrogens is 320 g/mol. The SMILES string of the molecule is Cc1ccc(C23CC4CC(C2)CC(c2ccc(C)cc2O)(C4)C3)c(O)c1. The molecule has 4 aliphatic carbocycles. The Kier molecular flexibility index (Phi) is 3.30. The summed E-state index contributed by atoms with van der Waals surface area (Å²) in [6, 6.07) is 12.5. The summed E-state index contributed by atoms with van der Waals surface area (Å²) in [7, 11) is 0. The second-order valence-corrected chi connectivity index (χ2v) is 9.56. The summed E-state index contributed by atoms with van der Waals surface area (Å²) in [4.78, 5) is 0. The third-order valence-electron chi connectivity index (χ3n) is 7.51. The first-order valence-electron chi connectivity index (χ1n) is 9.99. The van der Waals surface area contributed by atoms with E-state index in [1.807, 2.05) is 26.0 Å². The number of hydrogen-bond donors (Lipinski definition) is 2. The quantitative estimate of drug-likeness (QED) is 0.752. The van der Waals surface area contributed by atoms with Crippen molar-refractivity contribution in [2.75, 3.05) is 0 Å². The second kappa shape index (κ2) is 5.28. The summed E-state index contributed by atoms with van der Waals surface area (Å²) in [5.74, 6) is 2.35. The molecule has 0 saturated heterocycles. The van der Waals surface area contributed by atoms with E-state index in [1.54, 1.807) is 0 Å². The van der Waals surface area contributed by atoms with Crippen molar-refractivity contribution < 1.29 is 10.2 Å². The molecule has 0 radical (unpaired) electrons. The van der Waals surface area contributed by atoms with Crippen LogP contribution in [0, 0.1) is 25.7 Å². The number of aromatic hydroxyl groups is 2. The zero-order chi connectivity index (χ0) is 18.1. The van der Waals surface area contributed by atoms with Crippen LogP contribution in [0.15, 0.2) is 36.4 Å². The van der Waals surface area contributed by atoms with E-state index < -0.39 is 0 Å². The van der Waals surface area contributed by atoms with Crippen LogP contribution in [0.3, 0.4) is 0 Å².